The van der Waals surface area contributed by atoms with Crippen LogP contribution in [0.4, 0.5) is 34.1 Å². The van der Waals surface area contributed by atoms with E-state index < -0.39 is 0 Å². The molecule has 2 aromatic heterocycles. The van der Waals surface area contributed by atoms with Gasteiger partial charge in [0.05, 0.1) is 18.9 Å². The zero-order valence-corrected chi connectivity index (χ0v) is 38.0. The number of nitrogens with zero attached hydrogens (tertiary/aromatic N) is 2. The fraction of sp³-hybridized carbons (Fsp3) is 0.133. The Balaban J connectivity index is 1.10. The summed E-state index contributed by atoms with van der Waals surface area (Å²) in [5.41, 5.74) is 18.6. The van der Waals surface area contributed by atoms with Crippen LogP contribution in [0.1, 0.15) is 38.3 Å². The zero-order chi connectivity index (χ0) is 45.0. The van der Waals surface area contributed by atoms with Crippen molar-refractivity contribution in [1.29, 1.82) is 0 Å². The van der Waals surface area contributed by atoms with Crippen molar-refractivity contribution in [2.45, 2.75) is 39.5 Å². The molecule has 0 N–H and O–H groups in total. The van der Waals surface area contributed by atoms with E-state index in [9.17, 15) is 0 Å². The fourth-order valence-corrected chi connectivity index (χ4v) is 10.6. The second kappa shape index (κ2) is 15.1. The molecule has 0 saturated carbocycles. The van der Waals surface area contributed by atoms with E-state index in [0.717, 1.165) is 113 Å². The molecule has 13 rings (SSSR count). The summed E-state index contributed by atoms with van der Waals surface area (Å²) in [5, 5.41) is 2.16. The molecular weight excluding hydrogens is 823 g/mol. The standard InChI is InChI=1S/C60H47BN2O4/c1-37-28-51-59-52(29-37)63(49-36-58-57(64-26-13-27-65-58)35-45(49)38-14-6-5-7-15-38)48-25-23-43(60(2,3)4)34-47(48)61(59)46-24-22-42(56-33-41-17-9-11-21-54(41)67-56)31-50(46)62(51)44-19-12-18-39(30-44)55-32-40-16-8-10-20-53(40)66-55/h5-12,14-25,28-36H,13,26-27H2,1-4H3. The molecule has 0 aliphatic carbocycles. The van der Waals surface area contributed by atoms with Crippen LogP contribution in [-0.4, -0.2) is 19.9 Å². The molecule has 0 radical (unpaired) electrons. The lowest BCUT2D eigenvalue weighted by Crippen LogP contribution is -2.61. The van der Waals surface area contributed by atoms with Crippen molar-refractivity contribution in [2.24, 2.45) is 0 Å². The topological polar surface area (TPSA) is 51.2 Å². The Hall–Kier alpha value is -7.90. The molecule has 67 heavy (non-hydrogen) atoms. The van der Waals surface area contributed by atoms with Crippen LogP contribution in [0, 0.1) is 6.92 Å². The minimum Gasteiger partial charge on any atom is -0.490 e. The van der Waals surface area contributed by atoms with Crippen molar-refractivity contribution in [1.82, 2.24) is 0 Å². The van der Waals surface area contributed by atoms with Gasteiger partial charge in [-0.25, -0.2) is 0 Å². The Bertz CT molecular complexity index is 3530. The smallest absolute Gasteiger partial charge is 0.252 e. The molecule has 324 valence electrons. The molecule has 0 bridgehead atoms. The van der Waals surface area contributed by atoms with Crippen LogP contribution in [0.25, 0.3) is 55.7 Å². The van der Waals surface area contributed by atoms with Gasteiger partial charge in [0.1, 0.15) is 22.7 Å². The normalized spacial score (nSPS) is 13.9. The first-order valence-electron chi connectivity index (χ1n) is 23.3. The van der Waals surface area contributed by atoms with E-state index in [4.69, 9.17) is 18.3 Å². The van der Waals surface area contributed by atoms with E-state index in [1.165, 1.54) is 22.0 Å². The monoisotopic (exact) mass is 870 g/mol. The number of rotatable bonds is 5. The number of ether oxygens (including phenoxy) is 2. The lowest BCUT2D eigenvalue weighted by molar-refractivity contribution is 0.297. The summed E-state index contributed by atoms with van der Waals surface area (Å²) in [6.45, 7) is 10.3. The van der Waals surface area contributed by atoms with E-state index >= 15 is 0 Å². The molecule has 7 heteroatoms. The molecular formula is C60H47BN2O4. The van der Waals surface area contributed by atoms with Crippen LogP contribution in [-0.2, 0) is 5.41 Å². The highest BCUT2D eigenvalue weighted by molar-refractivity contribution is 7.00. The molecule has 3 aliphatic heterocycles. The molecule has 0 spiro atoms. The van der Waals surface area contributed by atoms with Crippen molar-refractivity contribution in [3.63, 3.8) is 0 Å². The van der Waals surface area contributed by atoms with Crippen molar-refractivity contribution in [2.75, 3.05) is 23.0 Å². The third-order valence-electron chi connectivity index (χ3n) is 13.8. The number of benzene rings is 8. The van der Waals surface area contributed by atoms with Gasteiger partial charge in [0, 0.05) is 68.4 Å². The summed E-state index contributed by atoms with van der Waals surface area (Å²) in [6, 6.07) is 63.5. The second-order valence-electron chi connectivity index (χ2n) is 19.2. The van der Waals surface area contributed by atoms with Crippen LogP contribution >= 0.6 is 0 Å². The summed E-state index contributed by atoms with van der Waals surface area (Å²) < 4.78 is 26.0. The largest absolute Gasteiger partial charge is 0.490 e. The number of fused-ring (bicyclic) bond motifs is 7. The lowest BCUT2D eigenvalue weighted by atomic mass is 9.33. The highest BCUT2D eigenvalue weighted by atomic mass is 16.5. The van der Waals surface area contributed by atoms with Crippen LogP contribution in [0.15, 0.2) is 185 Å². The van der Waals surface area contributed by atoms with Crippen LogP contribution < -0.4 is 35.7 Å². The third kappa shape index (κ3) is 6.47. The Morgan fingerprint density at radius 3 is 1.82 bits per heavy atom. The summed E-state index contributed by atoms with van der Waals surface area (Å²) in [6.07, 6.45) is 0.824. The van der Waals surface area contributed by atoms with Gasteiger partial charge in [0.15, 0.2) is 11.5 Å². The molecule has 6 nitrogen and oxygen atoms in total. The molecule has 5 heterocycles. The van der Waals surface area contributed by atoms with E-state index in [1.807, 2.05) is 24.3 Å². The van der Waals surface area contributed by atoms with Gasteiger partial charge in [0.25, 0.3) is 6.71 Å². The van der Waals surface area contributed by atoms with Crippen molar-refractivity contribution in [3.05, 3.63) is 187 Å². The van der Waals surface area contributed by atoms with Crippen LogP contribution in [0.5, 0.6) is 11.5 Å². The third-order valence-corrected chi connectivity index (χ3v) is 13.8. The summed E-state index contributed by atoms with van der Waals surface area (Å²) in [5.74, 6) is 3.20. The Labute approximate surface area is 390 Å². The molecule has 8 aromatic carbocycles. The highest BCUT2D eigenvalue weighted by Crippen LogP contribution is 2.51. The Morgan fingerprint density at radius 2 is 1.12 bits per heavy atom. The number of anilines is 6. The summed E-state index contributed by atoms with van der Waals surface area (Å²) in [4.78, 5) is 4.97. The maximum absolute atomic E-state index is 6.57. The van der Waals surface area contributed by atoms with Crippen LogP contribution in [0.3, 0.4) is 0 Å². The van der Waals surface area contributed by atoms with Gasteiger partial charge in [-0.15, -0.1) is 0 Å². The minimum absolute atomic E-state index is 0.0886. The molecule has 10 aromatic rings. The van der Waals surface area contributed by atoms with E-state index in [2.05, 4.69) is 189 Å². The molecule has 0 saturated heterocycles. The first-order valence-corrected chi connectivity index (χ1v) is 23.3. The lowest BCUT2D eigenvalue weighted by Gasteiger charge is -2.45. The predicted octanol–water partition coefficient (Wildman–Crippen LogP) is 14.0. The number of hydrogen-bond donors (Lipinski definition) is 0. The average Bonchev–Trinajstić information content (AvgIpc) is 3.92. The molecule has 0 fully saturated rings. The van der Waals surface area contributed by atoms with Gasteiger partial charge >= 0.3 is 0 Å². The van der Waals surface area contributed by atoms with Gasteiger partial charge in [-0.05, 0) is 112 Å². The molecule has 3 aliphatic rings. The van der Waals surface area contributed by atoms with Gasteiger partial charge in [-0.1, -0.05) is 124 Å². The number of hydrogen-bond acceptors (Lipinski definition) is 6. The van der Waals surface area contributed by atoms with Crippen LogP contribution in [0.2, 0.25) is 0 Å². The van der Waals surface area contributed by atoms with Gasteiger partial charge in [0.2, 0.25) is 0 Å². The molecule has 0 unspecified atom stereocenters. The molecule has 0 atom stereocenters. The zero-order valence-electron chi connectivity index (χ0n) is 38.0. The molecule has 0 amide bonds. The maximum atomic E-state index is 6.57. The number of furan rings is 2. The Morgan fingerprint density at radius 1 is 0.478 bits per heavy atom. The minimum atomic E-state index is -0.0908. The van der Waals surface area contributed by atoms with Gasteiger partial charge in [-0.2, -0.15) is 0 Å². The number of aryl methyl sites for hydroxylation is 1. The SMILES string of the molecule is Cc1cc2c3c(c1)N(c1cc4c(cc1-c1ccccc1)OCCCO4)c1ccc(C(C)(C)C)cc1B3c1ccc(-c3cc4ccccc4o3)cc1N2c1cccc(-c2cc3ccccc3o2)c1. The summed E-state index contributed by atoms with van der Waals surface area (Å²) >= 11 is 0. The Kier molecular flexibility index (Phi) is 8.88. The van der Waals surface area contributed by atoms with E-state index in [0.29, 0.717) is 13.2 Å². The maximum Gasteiger partial charge on any atom is 0.252 e. The summed E-state index contributed by atoms with van der Waals surface area (Å²) in [7, 11) is 0. The highest BCUT2D eigenvalue weighted by Gasteiger charge is 2.44. The van der Waals surface area contributed by atoms with Crippen molar-refractivity contribution in [3.8, 4) is 45.3 Å². The van der Waals surface area contributed by atoms with Crippen molar-refractivity contribution < 1.29 is 18.3 Å². The fourth-order valence-electron chi connectivity index (χ4n) is 10.6. The first kappa shape index (κ1) is 39.5. The van der Waals surface area contributed by atoms with E-state index in [1.54, 1.807) is 0 Å². The quantitative estimate of drug-likeness (QED) is 0.161. The predicted molar refractivity (Wildman–Crippen MR) is 275 cm³/mol. The number of para-hydroxylation sites is 2. The average molecular weight is 871 g/mol. The van der Waals surface area contributed by atoms with Crippen molar-refractivity contribution >= 4 is 79.2 Å². The second-order valence-corrected chi connectivity index (χ2v) is 19.2. The van der Waals surface area contributed by atoms with E-state index in [-0.39, 0.29) is 12.1 Å². The first-order chi connectivity index (χ1) is 32.7. The van der Waals surface area contributed by atoms with Gasteiger partial charge in [-0.3, -0.25) is 0 Å². The van der Waals surface area contributed by atoms with Gasteiger partial charge < -0.3 is 28.1 Å².